The monoisotopic (exact) mass is 274 g/mol. The molecule has 0 spiro atoms. The zero-order chi connectivity index (χ0) is 11.1. The number of methoxy groups -OCH3 is 1. The van der Waals surface area contributed by atoms with Crippen LogP contribution in [0.1, 0.15) is 12.0 Å². The van der Waals surface area contributed by atoms with E-state index in [0.29, 0.717) is 13.2 Å². The van der Waals surface area contributed by atoms with E-state index in [2.05, 4.69) is 15.9 Å². The third-order valence-corrected chi connectivity index (χ3v) is 2.55. The van der Waals surface area contributed by atoms with Gasteiger partial charge in [-0.05, 0) is 33.6 Å². The third kappa shape index (κ3) is 4.20. The van der Waals surface area contributed by atoms with Gasteiger partial charge in [0.05, 0.1) is 17.7 Å². The van der Waals surface area contributed by atoms with Crippen molar-refractivity contribution in [3.8, 4) is 5.75 Å². The van der Waals surface area contributed by atoms with Crippen molar-refractivity contribution in [2.24, 2.45) is 0 Å². The van der Waals surface area contributed by atoms with Gasteiger partial charge in [-0.3, -0.25) is 0 Å². The molecule has 0 aliphatic carbocycles. The Bertz CT molecular complexity index is 302. The first kappa shape index (κ1) is 12.5. The minimum absolute atomic E-state index is 0.0442. The Balaban J connectivity index is 2.47. The lowest BCUT2D eigenvalue weighted by molar-refractivity contribution is 0.172. The summed E-state index contributed by atoms with van der Waals surface area (Å²) in [7, 11) is 1.67. The molecule has 3 nitrogen and oxygen atoms in total. The van der Waals surface area contributed by atoms with Crippen molar-refractivity contribution in [3.63, 3.8) is 0 Å². The fourth-order valence-corrected chi connectivity index (χ4v) is 1.69. The second-order valence-electron chi connectivity index (χ2n) is 3.12. The molecule has 0 aliphatic heterocycles. The van der Waals surface area contributed by atoms with Crippen LogP contribution in [0.5, 0.6) is 5.75 Å². The van der Waals surface area contributed by atoms with Gasteiger partial charge in [0.15, 0.2) is 0 Å². The highest BCUT2D eigenvalue weighted by atomic mass is 79.9. The highest BCUT2D eigenvalue weighted by Gasteiger charge is 2.01. The number of hydrogen-bond acceptors (Lipinski definition) is 3. The van der Waals surface area contributed by atoms with E-state index < -0.39 is 0 Å². The maximum absolute atomic E-state index is 8.92. The number of rotatable bonds is 6. The van der Waals surface area contributed by atoms with Crippen molar-refractivity contribution in [1.29, 1.82) is 0 Å². The molecule has 0 unspecified atom stereocenters. The molecule has 0 aliphatic rings. The topological polar surface area (TPSA) is 38.7 Å². The highest BCUT2D eigenvalue weighted by Crippen LogP contribution is 2.26. The van der Waals surface area contributed by atoms with Crippen LogP contribution in [0, 0.1) is 0 Å². The smallest absolute Gasteiger partial charge is 0.133 e. The lowest BCUT2D eigenvalue weighted by atomic mass is 10.2. The minimum atomic E-state index is 0.0442. The highest BCUT2D eigenvalue weighted by molar-refractivity contribution is 9.10. The van der Waals surface area contributed by atoms with Crippen molar-refractivity contribution in [3.05, 3.63) is 28.2 Å². The van der Waals surface area contributed by atoms with Gasteiger partial charge in [0.25, 0.3) is 0 Å². The van der Waals surface area contributed by atoms with E-state index in [1.807, 2.05) is 18.2 Å². The normalized spacial score (nSPS) is 10.3. The molecule has 0 aromatic heterocycles. The van der Waals surface area contributed by atoms with Crippen LogP contribution in [-0.4, -0.2) is 25.4 Å². The van der Waals surface area contributed by atoms with Crippen LogP contribution in [0.25, 0.3) is 0 Å². The van der Waals surface area contributed by atoms with E-state index in [0.717, 1.165) is 22.2 Å². The summed E-state index contributed by atoms with van der Waals surface area (Å²) in [5.41, 5.74) is 0.867. The minimum Gasteiger partial charge on any atom is -0.492 e. The fourth-order valence-electron chi connectivity index (χ4n) is 1.15. The largest absolute Gasteiger partial charge is 0.492 e. The van der Waals surface area contributed by atoms with Crippen LogP contribution in [-0.2, 0) is 11.3 Å². The van der Waals surface area contributed by atoms with Crippen molar-refractivity contribution < 1.29 is 14.6 Å². The molecular weight excluding hydrogens is 260 g/mol. The molecule has 0 saturated heterocycles. The van der Waals surface area contributed by atoms with Gasteiger partial charge in [-0.15, -0.1) is 0 Å². The summed E-state index contributed by atoms with van der Waals surface area (Å²) in [4.78, 5) is 0. The van der Waals surface area contributed by atoms with E-state index in [9.17, 15) is 0 Å². The van der Waals surface area contributed by atoms with Gasteiger partial charge in [0.1, 0.15) is 5.75 Å². The van der Waals surface area contributed by atoms with E-state index in [1.165, 1.54) is 0 Å². The summed E-state index contributed by atoms with van der Waals surface area (Å²) in [6.07, 6.45) is 0.866. The number of halogens is 1. The molecule has 0 amide bonds. The number of benzene rings is 1. The molecule has 0 saturated carbocycles. The van der Waals surface area contributed by atoms with Gasteiger partial charge in [-0.2, -0.15) is 0 Å². The fraction of sp³-hybridized carbons (Fsp3) is 0.455. The van der Waals surface area contributed by atoms with Gasteiger partial charge >= 0.3 is 0 Å². The second kappa shape index (κ2) is 6.82. The Labute approximate surface area is 98.1 Å². The molecule has 0 radical (unpaired) electrons. The molecule has 84 valence electrons. The Morgan fingerprint density at radius 2 is 2.13 bits per heavy atom. The van der Waals surface area contributed by atoms with Gasteiger partial charge in [0, 0.05) is 20.1 Å². The molecule has 1 rings (SSSR count). The number of ether oxygens (including phenoxy) is 2. The average molecular weight is 275 g/mol. The summed E-state index contributed by atoms with van der Waals surface area (Å²) in [6, 6.07) is 5.55. The zero-order valence-electron chi connectivity index (χ0n) is 8.70. The maximum atomic E-state index is 8.92. The Hall–Kier alpha value is -0.580. The van der Waals surface area contributed by atoms with E-state index in [1.54, 1.807) is 7.11 Å². The molecule has 1 aromatic carbocycles. The van der Waals surface area contributed by atoms with Crippen molar-refractivity contribution in [1.82, 2.24) is 0 Å². The first-order valence-electron chi connectivity index (χ1n) is 4.79. The predicted octanol–water partition coefficient (Wildman–Crippen LogP) is 2.36. The number of hydrogen-bond donors (Lipinski definition) is 1. The number of aliphatic hydroxyl groups excluding tert-OH is 1. The quantitative estimate of drug-likeness (QED) is 0.810. The SMILES string of the molecule is COCCCOc1ccc(CO)cc1Br. The summed E-state index contributed by atoms with van der Waals surface area (Å²) in [5, 5.41) is 8.92. The lowest BCUT2D eigenvalue weighted by Gasteiger charge is -2.08. The van der Waals surface area contributed by atoms with Crippen LogP contribution in [0.15, 0.2) is 22.7 Å². The molecule has 0 fully saturated rings. The Kier molecular flexibility index (Phi) is 5.68. The summed E-state index contributed by atoms with van der Waals surface area (Å²) < 4.78 is 11.3. The maximum Gasteiger partial charge on any atom is 0.133 e. The molecule has 1 N–H and O–H groups in total. The van der Waals surface area contributed by atoms with E-state index >= 15 is 0 Å². The van der Waals surface area contributed by atoms with E-state index in [4.69, 9.17) is 14.6 Å². The number of aliphatic hydroxyl groups is 1. The van der Waals surface area contributed by atoms with Crippen LogP contribution in [0.2, 0.25) is 0 Å². The third-order valence-electron chi connectivity index (χ3n) is 1.93. The predicted molar refractivity (Wildman–Crippen MR) is 62.1 cm³/mol. The molecule has 1 aromatic rings. The molecular formula is C11H15BrO3. The Morgan fingerprint density at radius 3 is 2.73 bits per heavy atom. The molecule has 0 bridgehead atoms. The summed E-state index contributed by atoms with van der Waals surface area (Å²) in [6.45, 7) is 1.37. The molecule has 4 heteroatoms. The first-order chi connectivity index (χ1) is 7.27. The van der Waals surface area contributed by atoms with Crippen LogP contribution in [0.3, 0.4) is 0 Å². The van der Waals surface area contributed by atoms with Gasteiger partial charge in [0.2, 0.25) is 0 Å². The van der Waals surface area contributed by atoms with Crippen LogP contribution < -0.4 is 4.74 Å². The lowest BCUT2D eigenvalue weighted by Crippen LogP contribution is -2.01. The standard InChI is InChI=1S/C11H15BrO3/c1-14-5-2-6-15-11-4-3-9(8-13)7-10(11)12/h3-4,7,13H,2,5-6,8H2,1H3. The molecule has 15 heavy (non-hydrogen) atoms. The zero-order valence-corrected chi connectivity index (χ0v) is 10.3. The molecule has 0 heterocycles. The molecule has 0 atom stereocenters. The van der Waals surface area contributed by atoms with E-state index in [-0.39, 0.29) is 6.61 Å². The summed E-state index contributed by atoms with van der Waals surface area (Å²) in [5.74, 6) is 0.795. The van der Waals surface area contributed by atoms with Gasteiger partial charge < -0.3 is 14.6 Å². The first-order valence-corrected chi connectivity index (χ1v) is 5.58. The van der Waals surface area contributed by atoms with Crippen LogP contribution >= 0.6 is 15.9 Å². The van der Waals surface area contributed by atoms with Crippen molar-refractivity contribution in [2.75, 3.05) is 20.3 Å². The van der Waals surface area contributed by atoms with Gasteiger partial charge in [-0.25, -0.2) is 0 Å². The Morgan fingerprint density at radius 1 is 1.33 bits per heavy atom. The second-order valence-corrected chi connectivity index (χ2v) is 3.97. The van der Waals surface area contributed by atoms with Crippen LogP contribution in [0.4, 0.5) is 0 Å². The summed E-state index contributed by atoms with van der Waals surface area (Å²) >= 11 is 3.39. The van der Waals surface area contributed by atoms with Crippen molar-refractivity contribution in [2.45, 2.75) is 13.0 Å². The van der Waals surface area contributed by atoms with Crippen molar-refractivity contribution >= 4 is 15.9 Å². The average Bonchev–Trinajstić information content (AvgIpc) is 2.26. The van der Waals surface area contributed by atoms with Gasteiger partial charge in [-0.1, -0.05) is 6.07 Å².